The lowest BCUT2D eigenvalue weighted by atomic mass is 10.1. The van der Waals surface area contributed by atoms with E-state index in [1.165, 1.54) is 17.0 Å². The number of aryl methyl sites for hydroxylation is 1. The molecule has 3 aromatic rings. The maximum atomic E-state index is 14.0. The predicted octanol–water partition coefficient (Wildman–Crippen LogP) is 5.19. The molecule has 0 fully saturated rings. The highest BCUT2D eigenvalue weighted by molar-refractivity contribution is 7.92. The van der Waals surface area contributed by atoms with Crippen LogP contribution in [0.5, 0.6) is 5.75 Å². The molecule has 1 atom stereocenters. The molecular formula is C30H36ClN3O5S. The van der Waals surface area contributed by atoms with Gasteiger partial charge in [-0.2, -0.15) is 0 Å². The highest BCUT2D eigenvalue weighted by atomic mass is 35.5. The number of sulfonamides is 1. The number of rotatable bonds is 13. The summed E-state index contributed by atoms with van der Waals surface area (Å²) in [5.41, 5.74) is 1.68. The number of halogens is 1. The van der Waals surface area contributed by atoms with Crippen LogP contribution in [0.15, 0.2) is 77.7 Å². The van der Waals surface area contributed by atoms with E-state index in [-0.39, 0.29) is 17.3 Å². The molecule has 0 radical (unpaired) electrons. The Hall–Kier alpha value is -3.56. The normalized spacial score (nSPS) is 11.9. The van der Waals surface area contributed by atoms with Gasteiger partial charge in [-0.1, -0.05) is 55.3 Å². The first kappa shape index (κ1) is 31.0. The van der Waals surface area contributed by atoms with Crippen molar-refractivity contribution in [2.75, 3.05) is 24.5 Å². The van der Waals surface area contributed by atoms with Crippen molar-refractivity contribution in [2.45, 2.75) is 51.1 Å². The molecule has 10 heteroatoms. The Morgan fingerprint density at radius 1 is 1.02 bits per heavy atom. The van der Waals surface area contributed by atoms with Gasteiger partial charge in [-0.05, 0) is 73.9 Å². The lowest BCUT2D eigenvalue weighted by molar-refractivity contribution is -0.139. The Morgan fingerprint density at radius 3 is 2.30 bits per heavy atom. The van der Waals surface area contributed by atoms with Gasteiger partial charge in [0.1, 0.15) is 18.3 Å². The molecule has 0 aromatic heterocycles. The van der Waals surface area contributed by atoms with Gasteiger partial charge in [0, 0.05) is 18.1 Å². The second kappa shape index (κ2) is 14.2. The molecular weight excluding hydrogens is 550 g/mol. The predicted molar refractivity (Wildman–Crippen MR) is 158 cm³/mol. The number of nitrogens with zero attached hydrogens (tertiary/aromatic N) is 2. The fraction of sp³-hybridized carbons (Fsp3) is 0.333. The number of ether oxygens (including phenoxy) is 1. The maximum absolute atomic E-state index is 14.0. The number of anilines is 1. The van der Waals surface area contributed by atoms with Crippen LogP contribution in [-0.4, -0.2) is 51.4 Å². The summed E-state index contributed by atoms with van der Waals surface area (Å²) in [6, 6.07) is 19.1. The van der Waals surface area contributed by atoms with E-state index < -0.39 is 28.5 Å². The summed E-state index contributed by atoms with van der Waals surface area (Å²) in [5, 5.41) is 3.33. The van der Waals surface area contributed by atoms with E-state index in [1.54, 1.807) is 69.5 Å². The molecule has 0 heterocycles. The summed E-state index contributed by atoms with van der Waals surface area (Å²) in [6.45, 7) is 5.48. The molecule has 3 rings (SSSR count). The topological polar surface area (TPSA) is 96.0 Å². The van der Waals surface area contributed by atoms with Crippen LogP contribution >= 0.6 is 11.6 Å². The van der Waals surface area contributed by atoms with Crippen LogP contribution < -0.4 is 14.4 Å². The smallest absolute Gasteiger partial charge is 0.264 e. The van der Waals surface area contributed by atoms with E-state index in [0.29, 0.717) is 28.6 Å². The third kappa shape index (κ3) is 7.76. The van der Waals surface area contributed by atoms with Crippen LogP contribution in [0.2, 0.25) is 5.02 Å². The molecule has 3 aromatic carbocycles. The molecule has 214 valence electrons. The number of carbonyl (C=O) groups excluding carboxylic acids is 2. The van der Waals surface area contributed by atoms with E-state index in [2.05, 4.69) is 5.32 Å². The third-order valence-electron chi connectivity index (χ3n) is 6.55. The average Bonchev–Trinajstić information content (AvgIpc) is 2.95. The molecule has 0 aliphatic rings. The zero-order chi connectivity index (χ0) is 29.3. The second-order valence-corrected chi connectivity index (χ2v) is 11.7. The van der Waals surface area contributed by atoms with Crippen LogP contribution in [0.3, 0.4) is 0 Å². The standard InChI is InChI=1S/C30H36ClN3O5S/c1-5-6-18-32-30(36)23(3)33(20-24-12-15-26(39-4)16-13-24)29(35)21-34(28-17-14-25(31)19-22(28)2)40(37,38)27-10-8-7-9-11-27/h7-17,19,23H,5-6,18,20-21H2,1-4H3,(H,32,36)/t23-/m1/s1. The number of methoxy groups -OCH3 is 1. The summed E-state index contributed by atoms with van der Waals surface area (Å²) in [7, 11) is -2.57. The Labute approximate surface area is 241 Å². The number of carbonyl (C=O) groups is 2. The van der Waals surface area contributed by atoms with Crippen LogP contribution in [0.4, 0.5) is 5.69 Å². The minimum Gasteiger partial charge on any atom is -0.497 e. The van der Waals surface area contributed by atoms with E-state index in [1.807, 2.05) is 19.1 Å². The maximum Gasteiger partial charge on any atom is 0.264 e. The Morgan fingerprint density at radius 2 is 1.70 bits per heavy atom. The van der Waals surface area contributed by atoms with Crippen molar-refractivity contribution < 1.29 is 22.7 Å². The fourth-order valence-corrected chi connectivity index (χ4v) is 5.90. The molecule has 8 nitrogen and oxygen atoms in total. The summed E-state index contributed by atoms with van der Waals surface area (Å²) in [5.74, 6) is -0.177. The summed E-state index contributed by atoms with van der Waals surface area (Å²) >= 11 is 6.15. The number of benzene rings is 3. The SMILES string of the molecule is CCCCNC(=O)[C@@H](C)N(Cc1ccc(OC)cc1)C(=O)CN(c1ccc(Cl)cc1C)S(=O)(=O)c1ccccc1. The van der Waals surface area contributed by atoms with Crippen molar-refractivity contribution in [1.29, 1.82) is 0 Å². The lowest BCUT2D eigenvalue weighted by Crippen LogP contribution is -2.51. The van der Waals surface area contributed by atoms with Crippen molar-refractivity contribution >= 4 is 39.1 Å². The second-order valence-electron chi connectivity index (χ2n) is 9.45. The van der Waals surface area contributed by atoms with E-state index >= 15 is 0 Å². The molecule has 1 N–H and O–H groups in total. The van der Waals surface area contributed by atoms with E-state index in [4.69, 9.17) is 16.3 Å². The third-order valence-corrected chi connectivity index (χ3v) is 8.56. The monoisotopic (exact) mass is 585 g/mol. The van der Waals surface area contributed by atoms with Gasteiger partial charge in [-0.15, -0.1) is 0 Å². The number of amides is 2. The van der Waals surface area contributed by atoms with Gasteiger partial charge >= 0.3 is 0 Å². The van der Waals surface area contributed by atoms with Crippen molar-refractivity contribution in [3.05, 3.63) is 88.9 Å². The zero-order valence-electron chi connectivity index (χ0n) is 23.3. The first-order chi connectivity index (χ1) is 19.1. The zero-order valence-corrected chi connectivity index (χ0v) is 24.8. The van der Waals surface area contributed by atoms with Gasteiger partial charge in [-0.3, -0.25) is 13.9 Å². The van der Waals surface area contributed by atoms with Crippen LogP contribution in [0.1, 0.15) is 37.8 Å². The molecule has 0 unspecified atom stereocenters. The van der Waals surface area contributed by atoms with E-state index in [0.717, 1.165) is 22.7 Å². The van der Waals surface area contributed by atoms with Crippen molar-refractivity contribution in [2.24, 2.45) is 0 Å². The number of nitrogens with one attached hydrogen (secondary N) is 1. The Kier molecular flexibility index (Phi) is 11.0. The van der Waals surface area contributed by atoms with Crippen molar-refractivity contribution in [3.63, 3.8) is 0 Å². The first-order valence-corrected chi connectivity index (χ1v) is 14.9. The molecule has 0 aliphatic carbocycles. The summed E-state index contributed by atoms with van der Waals surface area (Å²) in [4.78, 5) is 28.5. The number of hydrogen-bond donors (Lipinski definition) is 1. The van der Waals surface area contributed by atoms with Gasteiger partial charge in [0.05, 0.1) is 17.7 Å². The minimum atomic E-state index is -4.14. The number of hydrogen-bond acceptors (Lipinski definition) is 5. The summed E-state index contributed by atoms with van der Waals surface area (Å²) < 4.78 is 34.0. The summed E-state index contributed by atoms with van der Waals surface area (Å²) in [6.07, 6.45) is 1.72. The molecule has 0 aliphatic heterocycles. The molecule has 2 amide bonds. The number of unbranched alkanes of at least 4 members (excludes halogenated alkanes) is 1. The van der Waals surface area contributed by atoms with Crippen LogP contribution in [-0.2, 0) is 26.2 Å². The first-order valence-electron chi connectivity index (χ1n) is 13.1. The molecule has 40 heavy (non-hydrogen) atoms. The molecule has 0 spiro atoms. The highest BCUT2D eigenvalue weighted by Crippen LogP contribution is 2.29. The van der Waals surface area contributed by atoms with Gasteiger partial charge < -0.3 is 15.0 Å². The van der Waals surface area contributed by atoms with Crippen molar-refractivity contribution in [3.8, 4) is 5.75 Å². The van der Waals surface area contributed by atoms with Gasteiger partial charge in [0.2, 0.25) is 11.8 Å². The lowest BCUT2D eigenvalue weighted by Gasteiger charge is -2.32. The minimum absolute atomic E-state index is 0.0456. The van der Waals surface area contributed by atoms with Gasteiger partial charge in [0.25, 0.3) is 10.0 Å². The van der Waals surface area contributed by atoms with Gasteiger partial charge in [-0.25, -0.2) is 8.42 Å². The van der Waals surface area contributed by atoms with Crippen LogP contribution in [0.25, 0.3) is 0 Å². The molecule has 0 saturated heterocycles. The molecule has 0 saturated carbocycles. The Balaban J connectivity index is 2.01. The largest absolute Gasteiger partial charge is 0.497 e. The van der Waals surface area contributed by atoms with Crippen LogP contribution in [0, 0.1) is 6.92 Å². The fourth-order valence-electron chi connectivity index (χ4n) is 4.18. The molecule has 0 bridgehead atoms. The average molecular weight is 586 g/mol. The quantitative estimate of drug-likeness (QED) is 0.279. The van der Waals surface area contributed by atoms with E-state index in [9.17, 15) is 18.0 Å². The highest BCUT2D eigenvalue weighted by Gasteiger charge is 2.33. The Bertz CT molecular complexity index is 1400. The van der Waals surface area contributed by atoms with Crippen molar-refractivity contribution in [1.82, 2.24) is 10.2 Å². The van der Waals surface area contributed by atoms with Gasteiger partial charge in [0.15, 0.2) is 0 Å².